The molecule has 1 nitrogen and oxygen atoms in total. The van der Waals surface area contributed by atoms with E-state index in [0.717, 1.165) is 6.54 Å². The Labute approximate surface area is 175 Å². The molecule has 1 heteroatoms. The molecule has 4 rings (SSSR count). The molecule has 0 bridgehead atoms. The minimum Gasteiger partial charge on any atom is -0.360 e. The molecule has 0 fully saturated rings. The number of nitrogens with zero attached hydrogens (tertiary/aromatic N) is 1. The summed E-state index contributed by atoms with van der Waals surface area (Å²) in [5.74, 6) is 0.441. The van der Waals surface area contributed by atoms with Crippen molar-refractivity contribution in [1.82, 2.24) is 0 Å². The smallest absolute Gasteiger partial charge is 0.0546 e. The molecule has 0 saturated heterocycles. The fourth-order valence-electron chi connectivity index (χ4n) is 4.82. The van der Waals surface area contributed by atoms with Gasteiger partial charge in [0.05, 0.1) is 6.04 Å². The summed E-state index contributed by atoms with van der Waals surface area (Å²) in [6.07, 6.45) is 13.0. The molecule has 0 spiro atoms. The first-order valence-corrected chi connectivity index (χ1v) is 10.6. The number of hydrogen-bond donors (Lipinski definition) is 0. The van der Waals surface area contributed by atoms with Crippen LogP contribution in [0.25, 0.3) is 6.08 Å². The van der Waals surface area contributed by atoms with Crippen LogP contribution in [0.3, 0.4) is 0 Å². The van der Waals surface area contributed by atoms with Crippen LogP contribution in [0.15, 0.2) is 85.0 Å². The number of allylic oxidation sites excluding steroid dienone is 4. The van der Waals surface area contributed by atoms with Crippen molar-refractivity contribution in [2.75, 3.05) is 11.4 Å². The van der Waals surface area contributed by atoms with Crippen LogP contribution in [0.5, 0.6) is 0 Å². The van der Waals surface area contributed by atoms with Crippen LogP contribution in [0.4, 0.5) is 5.69 Å². The molecule has 0 amide bonds. The third kappa shape index (κ3) is 3.40. The molecule has 148 valence electrons. The quantitative estimate of drug-likeness (QED) is 0.519. The maximum Gasteiger partial charge on any atom is 0.0546 e. The zero-order valence-electron chi connectivity index (χ0n) is 18.0. The lowest BCUT2D eigenvalue weighted by Gasteiger charge is -2.47. The van der Waals surface area contributed by atoms with Crippen molar-refractivity contribution >= 4 is 11.8 Å². The molecule has 29 heavy (non-hydrogen) atoms. The molecule has 2 atom stereocenters. The van der Waals surface area contributed by atoms with E-state index in [1.807, 2.05) is 12.2 Å². The molecule has 0 N–H and O–H groups in total. The van der Waals surface area contributed by atoms with Gasteiger partial charge in [-0.1, -0.05) is 106 Å². The molecule has 0 aromatic heterocycles. The molecule has 2 unspecified atom stereocenters. The molecular weight excluding hydrogens is 350 g/mol. The van der Waals surface area contributed by atoms with Gasteiger partial charge in [0.2, 0.25) is 0 Å². The van der Waals surface area contributed by atoms with Crippen LogP contribution in [-0.4, -0.2) is 12.6 Å². The summed E-state index contributed by atoms with van der Waals surface area (Å²) in [5.41, 5.74) is 8.33. The summed E-state index contributed by atoms with van der Waals surface area (Å²) in [4.78, 5) is 2.60. The first-order valence-electron chi connectivity index (χ1n) is 10.6. The van der Waals surface area contributed by atoms with Crippen molar-refractivity contribution in [2.24, 2.45) is 0 Å². The maximum absolute atomic E-state index is 3.81. The molecular formula is C28H31N. The average molecular weight is 382 g/mol. The first-order chi connectivity index (χ1) is 13.9. The highest BCUT2D eigenvalue weighted by atomic mass is 15.2. The summed E-state index contributed by atoms with van der Waals surface area (Å²) < 4.78 is 0. The van der Waals surface area contributed by atoms with E-state index in [4.69, 9.17) is 0 Å². The molecule has 1 aliphatic heterocycles. The second kappa shape index (κ2) is 7.55. The van der Waals surface area contributed by atoms with Crippen LogP contribution in [-0.2, 0) is 5.41 Å². The van der Waals surface area contributed by atoms with Crippen molar-refractivity contribution in [2.45, 2.75) is 45.1 Å². The summed E-state index contributed by atoms with van der Waals surface area (Å²) in [6.45, 7) is 14.0. The predicted molar refractivity (Wildman–Crippen MR) is 127 cm³/mol. The van der Waals surface area contributed by atoms with Crippen molar-refractivity contribution in [3.8, 4) is 0 Å². The van der Waals surface area contributed by atoms with Gasteiger partial charge in [-0.15, -0.1) is 0 Å². The second-order valence-corrected chi connectivity index (χ2v) is 8.85. The van der Waals surface area contributed by atoms with E-state index in [-0.39, 0.29) is 5.41 Å². The molecule has 2 aliphatic rings. The lowest BCUT2D eigenvalue weighted by molar-refractivity contribution is 0.526. The van der Waals surface area contributed by atoms with Crippen LogP contribution in [0.2, 0.25) is 0 Å². The molecule has 1 aliphatic carbocycles. The van der Waals surface area contributed by atoms with E-state index in [2.05, 4.69) is 106 Å². The Balaban J connectivity index is 1.83. The predicted octanol–water partition coefficient (Wildman–Crippen LogP) is 6.96. The van der Waals surface area contributed by atoms with E-state index >= 15 is 0 Å². The van der Waals surface area contributed by atoms with Gasteiger partial charge in [0.1, 0.15) is 0 Å². The number of hydrogen-bond acceptors (Lipinski definition) is 1. The number of benzene rings is 2. The molecule has 0 radical (unpaired) electrons. The minimum absolute atomic E-state index is 0.00287. The lowest BCUT2D eigenvalue weighted by Crippen LogP contribution is -2.47. The largest absolute Gasteiger partial charge is 0.360 e. The van der Waals surface area contributed by atoms with Gasteiger partial charge in [-0.05, 0) is 35.3 Å². The number of rotatable bonds is 3. The fourth-order valence-corrected chi connectivity index (χ4v) is 4.82. The van der Waals surface area contributed by atoms with Crippen molar-refractivity contribution in [1.29, 1.82) is 0 Å². The zero-order valence-corrected chi connectivity index (χ0v) is 18.0. The average Bonchev–Trinajstić information content (AvgIpc) is 2.71. The third-order valence-electron chi connectivity index (χ3n) is 6.65. The Morgan fingerprint density at radius 3 is 2.69 bits per heavy atom. The van der Waals surface area contributed by atoms with E-state index < -0.39 is 0 Å². The van der Waals surface area contributed by atoms with Gasteiger partial charge in [-0.2, -0.15) is 0 Å². The fraction of sp³-hybridized carbons (Fsp3) is 0.286. The molecule has 0 saturated carbocycles. The summed E-state index contributed by atoms with van der Waals surface area (Å²) in [7, 11) is 0. The normalized spacial score (nSPS) is 23.9. The van der Waals surface area contributed by atoms with Gasteiger partial charge in [0.15, 0.2) is 0 Å². The lowest BCUT2D eigenvalue weighted by atomic mass is 9.72. The van der Waals surface area contributed by atoms with Gasteiger partial charge in [0.25, 0.3) is 0 Å². The summed E-state index contributed by atoms with van der Waals surface area (Å²) in [6, 6.07) is 16.1. The van der Waals surface area contributed by atoms with Gasteiger partial charge in [-0.25, -0.2) is 0 Å². The van der Waals surface area contributed by atoms with E-state index in [9.17, 15) is 0 Å². The van der Waals surface area contributed by atoms with E-state index in [0.29, 0.717) is 12.0 Å². The monoisotopic (exact) mass is 381 g/mol. The minimum atomic E-state index is 0.00287. The van der Waals surface area contributed by atoms with Crippen molar-refractivity contribution in [3.05, 3.63) is 107 Å². The van der Waals surface area contributed by atoms with E-state index in [1.54, 1.807) is 0 Å². The molecule has 2 aromatic rings. The van der Waals surface area contributed by atoms with Crippen LogP contribution in [0.1, 0.15) is 48.9 Å². The number of aryl methyl sites for hydroxylation is 1. The number of anilines is 1. The summed E-state index contributed by atoms with van der Waals surface area (Å²) >= 11 is 0. The first kappa shape index (κ1) is 19.5. The van der Waals surface area contributed by atoms with Gasteiger partial charge >= 0.3 is 0 Å². The maximum atomic E-state index is 3.81. The Morgan fingerprint density at radius 2 is 1.90 bits per heavy atom. The highest BCUT2D eigenvalue weighted by Crippen LogP contribution is 2.46. The van der Waals surface area contributed by atoms with E-state index in [1.165, 1.54) is 33.5 Å². The molecule has 2 aromatic carbocycles. The van der Waals surface area contributed by atoms with Crippen molar-refractivity contribution < 1.29 is 0 Å². The van der Waals surface area contributed by atoms with Gasteiger partial charge in [-0.3, -0.25) is 0 Å². The highest BCUT2D eigenvalue weighted by Gasteiger charge is 2.39. The third-order valence-corrected chi connectivity index (χ3v) is 6.65. The summed E-state index contributed by atoms with van der Waals surface area (Å²) in [5, 5.41) is 0. The second-order valence-electron chi connectivity index (χ2n) is 8.85. The number of fused-ring (bicyclic) bond motifs is 2. The van der Waals surface area contributed by atoms with Gasteiger partial charge in [0, 0.05) is 23.6 Å². The van der Waals surface area contributed by atoms with Crippen LogP contribution in [0, 0.1) is 6.92 Å². The topological polar surface area (TPSA) is 3.24 Å². The van der Waals surface area contributed by atoms with Gasteiger partial charge < -0.3 is 4.90 Å². The van der Waals surface area contributed by atoms with Crippen LogP contribution >= 0.6 is 0 Å². The Morgan fingerprint density at radius 1 is 1.10 bits per heavy atom. The Bertz CT molecular complexity index is 1020. The molecule has 1 heterocycles. The van der Waals surface area contributed by atoms with Crippen molar-refractivity contribution in [3.63, 3.8) is 0 Å². The Hall–Kier alpha value is -2.80. The zero-order chi connectivity index (χ0) is 20.6. The van der Waals surface area contributed by atoms with Crippen LogP contribution < -0.4 is 4.90 Å². The SMILES string of the molecule is C=C/C=C\C=C1/CN(C2C=Cc3ccccc3C2C)c2ccc(C)cc2C1(C)C. The standard InChI is InChI=1S/C28H31N/c1-6-7-8-12-23-19-29(27-16-14-20(2)18-25(27)28(23,4)5)26-17-15-22-11-9-10-13-24(22)21(26)3/h6-18,21,26H,1,19H2,2-5H3/b8-7-,23-12+. The Kier molecular flexibility index (Phi) is 5.08. The highest BCUT2D eigenvalue weighted by molar-refractivity contribution is 5.69.